The number of rotatable bonds is 4. The van der Waals surface area contributed by atoms with Crippen LogP contribution in [0.25, 0.3) is 10.9 Å². The fourth-order valence-corrected chi connectivity index (χ4v) is 4.17. The zero-order valence-electron chi connectivity index (χ0n) is 15.5. The van der Waals surface area contributed by atoms with Gasteiger partial charge in [0.2, 0.25) is 5.91 Å². The quantitative estimate of drug-likeness (QED) is 0.718. The van der Waals surface area contributed by atoms with Gasteiger partial charge in [0.15, 0.2) is 0 Å². The number of H-pyrrole nitrogens is 1. The topological polar surface area (TPSA) is 48.1 Å². The number of nitrogens with one attached hydrogen (secondary N) is 2. The van der Waals surface area contributed by atoms with Crippen molar-refractivity contribution in [3.8, 4) is 0 Å². The van der Waals surface area contributed by atoms with Crippen LogP contribution in [0.4, 0.5) is 10.1 Å². The molecule has 1 fully saturated rings. The lowest BCUT2D eigenvalue weighted by atomic mass is 9.87. The monoisotopic (exact) mass is 365 g/mol. The van der Waals surface area contributed by atoms with Crippen molar-refractivity contribution in [1.29, 1.82) is 0 Å². The maximum Gasteiger partial charge on any atom is 0.238 e. The van der Waals surface area contributed by atoms with Crippen LogP contribution in [0.2, 0.25) is 0 Å². The van der Waals surface area contributed by atoms with E-state index in [0.29, 0.717) is 18.2 Å². The molecule has 0 radical (unpaired) electrons. The zero-order valence-corrected chi connectivity index (χ0v) is 15.5. The number of hydrogen-bond donors (Lipinski definition) is 2. The largest absolute Gasteiger partial charge is 0.358 e. The summed E-state index contributed by atoms with van der Waals surface area (Å²) in [6, 6.07) is 14.5. The molecule has 1 saturated heterocycles. The predicted molar refractivity (Wildman–Crippen MR) is 106 cm³/mol. The summed E-state index contributed by atoms with van der Waals surface area (Å²) in [5.74, 6) is 0.0775. The summed E-state index contributed by atoms with van der Waals surface area (Å²) in [6.07, 6.45) is 2.08. The minimum absolute atomic E-state index is 0.0951. The lowest BCUT2D eigenvalue weighted by Crippen LogP contribution is -2.38. The second kappa shape index (κ2) is 7.53. The fraction of sp³-hybridized carbons (Fsp3) is 0.318. The molecule has 1 aliphatic rings. The summed E-state index contributed by atoms with van der Waals surface area (Å²) in [6.45, 7) is 4.27. The van der Waals surface area contributed by atoms with Gasteiger partial charge in [-0.15, -0.1) is 0 Å². The Hall–Kier alpha value is -2.66. The highest BCUT2D eigenvalue weighted by molar-refractivity contribution is 5.92. The van der Waals surface area contributed by atoms with Gasteiger partial charge in [-0.2, -0.15) is 0 Å². The van der Waals surface area contributed by atoms with E-state index in [0.717, 1.165) is 25.9 Å². The highest BCUT2D eigenvalue weighted by Crippen LogP contribution is 2.35. The van der Waals surface area contributed by atoms with Crippen LogP contribution in [0.3, 0.4) is 0 Å². The maximum atomic E-state index is 13.2. The second-order valence-electron chi connectivity index (χ2n) is 7.32. The summed E-state index contributed by atoms with van der Waals surface area (Å²) in [7, 11) is 0. The summed E-state index contributed by atoms with van der Waals surface area (Å²) >= 11 is 0. The third-order valence-electron chi connectivity index (χ3n) is 5.41. The van der Waals surface area contributed by atoms with Crippen molar-refractivity contribution in [3.63, 3.8) is 0 Å². The van der Waals surface area contributed by atoms with Gasteiger partial charge in [-0.3, -0.25) is 9.69 Å². The summed E-state index contributed by atoms with van der Waals surface area (Å²) in [5.41, 5.74) is 4.37. The van der Waals surface area contributed by atoms with E-state index in [1.54, 1.807) is 12.1 Å². The van der Waals surface area contributed by atoms with Crippen LogP contribution in [0.5, 0.6) is 0 Å². The first-order valence-corrected chi connectivity index (χ1v) is 9.45. The van der Waals surface area contributed by atoms with Gasteiger partial charge in [0, 0.05) is 22.3 Å². The molecule has 0 atom stereocenters. The van der Waals surface area contributed by atoms with Crippen LogP contribution in [-0.4, -0.2) is 35.4 Å². The van der Waals surface area contributed by atoms with Gasteiger partial charge < -0.3 is 10.3 Å². The molecule has 1 amide bonds. The number of aryl methyl sites for hydroxylation is 1. The third-order valence-corrected chi connectivity index (χ3v) is 5.41. The molecule has 0 unspecified atom stereocenters. The molecule has 2 N–H and O–H groups in total. The minimum Gasteiger partial charge on any atom is -0.358 e. The SMILES string of the molecule is Cc1[nH]c2ccccc2c1C1CCN(CC(=O)Nc2cccc(F)c2)CC1. The average molecular weight is 365 g/mol. The number of fused-ring (bicyclic) bond motifs is 1. The highest BCUT2D eigenvalue weighted by atomic mass is 19.1. The van der Waals surface area contributed by atoms with Crippen molar-refractivity contribution < 1.29 is 9.18 Å². The van der Waals surface area contributed by atoms with Crippen molar-refractivity contribution in [2.45, 2.75) is 25.7 Å². The van der Waals surface area contributed by atoms with Crippen LogP contribution >= 0.6 is 0 Å². The van der Waals surface area contributed by atoms with E-state index < -0.39 is 0 Å². The minimum atomic E-state index is -0.345. The normalized spacial score (nSPS) is 15.9. The molecule has 5 heteroatoms. The van der Waals surface area contributed by atoms with Crippen LogP contribution in [0.1, 0.15) is 30.0 Å². The Balaban J connectivity index is 1.36. The lowest BCUT2D eigenvalue weighted by molar-refractivity contribution is -0.117. The number of carbonyl (C=O) groups is 1. The molecule has 3 aromatic rings. The predicted octanol–water partition coefficient (Wildman–Crippen LogP) is 4.43. The number of aromatic nitrogens is 1. The van der Waals surface area contributed by atoms with Crippen LogP contribution in [0.15, 0.2) is 48.5 Å². The van der Waals surface area contributed by atoms with Crippen molar-refractivity contribution in [3.05, 3.63) is 65.6 Å². The smallest absolute Gasteiger partial charge is 0.238 e. The number of aromatic amines is 1. The molecule has 2 heterocycles. The first kappa shape index (κ1) is 17.7. The summed E-state index contributed by atoms with van der Waals surface area (Å²) in [5, 5.41) is 4.09. The molecule has 4 rings (SSSR count). The Morgan fingerprint density at radius 1 is 1.19 bits per heavy atom. The second-order valence-corrected chi connectivity index (χ2v) is 7.32. The molecule has 0 saturated carbocycles. The Morgan fingerprint density at radius 2 is 1.96 bits per heavy atom. The molecule has 0 spiro atoms. The number of amides is 1. The Labute approximate surface area is 158 Å². The van der Waals surface area contributed by atoms with E-state index in [9.17, 15) is 9.18 Å². The van der Waals surface area contributed by atoms with E-state index in [4.69, 9.17) is 0 Å². The van der Waals surface area contributed by atoms with E-state index in [2.05, 4.69) is 46.4 Å². The van der Waals surface area contributed by atoms with Gasteiger partial charge in [-0.25, -0.2) is 4.39 Å². The fourth-order valence-electron chi connectivity index (χ4n) is 4.17. The van der Waals surface area contributed by atoms with Crippen molar-refractivity contribution in [2.75, 3.05) is 25.0 Å². The Morgan fingerprint density at radius 3 is 2.74 bits per heavy atom. The molecule has 2 aromatic carbocycles. The number of nitrogens with zero attached hydrogens (tertiary/aromatic N) is 1. The van der Waals surface area contributed by atoms with Crippen LogP contribution in [0, 0.1) is 12.7 Å². The molecule has 27 heavy (non-hydrogen) atoms. The molecule has 1 aromatic heterocycles. The van der Waals surface area contributed by atoms with Gasteiger partial charge >= 0.3 is 0 Å². The Bertz CT molecular complexity index is 957. The summed E-state index contributed by atoms with van der Waals surface area (Å²) < 4.78 is 13.2. The van der Waals surface area contributed by atoms with Crippen LogP contribution in [-0.2, 0) is 4.79 Å². The molecular weight excluding hydrogens is 341 g/mol. The van der Waals surface area contributed by atoms with E-state index >= 15 is 0 Å². The van der Waals surface area contributed by atoms with Gasteiger partial charge in [0.05, 0.1) is 6.54 Å². The number of piperidine rings is 1. The molecule has 0 bridgehead atoms. The first-order chi connectivity index (χ1) is 13.1. The Kier molecular flexibility index (Phi) is 4.94. The highest BCUT2D eigenvalue weighted by Gasteiger charge is 2.25. The molecule has 4 nitrogen and oxygen atoms in total. The number of carbonyl (C=O) groups excluding carboxylic acids is 1. The van der Waals surface area contributed by atoms with E-state index in [1.165, 1.54) is 34.3 Å². The standard InChI is InChI=1S/C22H24FN3O/c1-15-22(19-7-2-3-8-20(19)24-15)16-9-11-26(12-10-16)14-21(27)25-18-6-4-5-17(23)13-18/h2-8,13,16,24H,9-12,14H2,1H3,(H,25,27). The summed E-state index contributed by atoms with van der Waals surface area (Å²) in [4.78, 5) is 17.9. The number of anilines is 1. The molecule has 1 aliphatic heterocycles. The number of hydrogen-bond acceptors (Lipinski definition) is 2. The van der Waals surface area contributed by atoms with Gasteiger partial charge in [-0.05, 0) is 68.6 Å². The first-order valence-electron chi connectivity index (χ1n) is 9.45. The van der Waals surface area contributed by atoms with Crippen molar-refractivity contribution >= 4 is 22.5 Å². The number of halogens is 1. The van der Waals surface area contributed by atoms with Gasteiger partial charge in [0.1, 0.15) is 5.82 Å². The van der Waals surface area contributed by atoms with E-state index in [-0.39, 0.29) is 11.7 Å². The number of benzene rings is 2. The zero-order chi connectivity index (χ0) is 18.8. The van der Waals surface area contributed by atoms with Gasteiger partial charge in [0.25, 0.3) is 0 Å². The molecule has 0 aliphatic carbocycles. The third kappa shape index (κ3) is 3.88. The average Bonchev–Trinajstić information content (AvgIpc) is 2.98. The molecule has 140 valence electrons. The maximum absolute atomic E-state index is 13.2. The van der Waals surface area contributed by atoms with Crippen molar-refractivity contribution in [1.82, 2.24) is 9.88 Å². The van der Waals surface area contributed by atoms with Crippen molar-refractivity contribution in [2.24, 2.45) is 0 Å². The molecular formula is C22H24FN3O. The van der Waals surface area contributed by atoms with Gasteiger partial charge in [-0.1, -0.05) is 24.3 Å². The number of likely N-dealkylation sites (tertiary alicyclic amines) is 1. The number of para-hydroxylation sites is 1. The van der Waals surface area contributed by atoms with E-state index in [1.807, 2.05) is 0 Å². The lowest BCUT2D eigenvalue weighted by Gasteiger charge is -2.31. The van der Waals surface area contributed by atoms with Crippen LogP contribution < -0.4 is 5.32 Å².